The first kappa shape index (κ1) is 23.5. The third-order valence-electron chi connectivity index (χ3n) is 8.46. The second-order valence-corrected chi connectivity index (χ2v) is 10.9. The lowest BCUT2D eigenvalue weighted by molar-refractivity contribution is -0.137. The van der Waals surface area contributed by atoms with E-state index in [9.17, 15) is 4.79 Å². The van der Waals surface area contributed by atoms with Crippen molar-refractivity contribution in [3.63, 3.8) is 0 Å². The summed E-state index contributed by atoms with van der Waals surface area (Å²) >= 11 is 0. The first-order valence-corrected chi connectivity index (χ1v) is 11.9. The molecule has 1 unspecified atom stereocenters. The largest absolute Gasteiger partial charge is 0.496 e. The van der Waals surface area contributed by atoms with E-state index in [1.54, 1.807) is 14.2 Å². The molecule has 1 amide bonds. The summed E-state index contributed by atoms with van der Waals surface area (Å²) in [6.07, 6.45) is 3.85. The maximum Gasteiger partial charge on any atom is 0.222 e. The molecule has 6 nitrogen and oxygen atoms in total. The van der Waals surface area contributed by atoms with E-state index >= 15 is 0 Å². The van der Waals surface area contributed by atoms with Gasteiger partial charge in [0.1, 0.15) is 5.75 Å². The average Bonchev–Trinajstić information content (AvgIpc) is 3.24. The van der Waals surface area contributed by atoms with Crippen molar-refractivity contribution in [2.45, 2.75) is 58.2 Å². The van der Waals surface area contributed by atoms with Crippen molar-refractivity contribution in [2.24, 2.45) is 22.7 Å². The van der Waals surface area contributed by atoms with E-state index in [1.165, 1.54) is 17.5 Å². The number of nitrogens with zero attached hydrogens (tertiary/aromatic N) is 1. The van der Waals surface area contributed by atoms with Crippen LogP contribution in [-0.2, 0) is 20.8 Å². The Labute approximate surface area is 193 Å². The first-order chi connectivity index (χ1) is 15.2. The summed E-state index contributed by atoms with van der Waals surface area (Å²) in [4.78, 5) is 14.9. The summed E-state index contributed by atoms with van der Waals surface area (Å²) in [7, 11) is 7.53. The third kappa shape index (κ3) is 3.95. The van der Waals surface area contributed by atoms with Gasteiger partial charge in [-0.15, -0.1) is 0 Å². The number of carbonyl (C=O) groups excluding carboxylic acids is 1. The molecule has 1 aromatic carbocycles. The van der Waals surface area contributed by atoms with Gasteiger partial charge in [0.25, 0.3) is 0 Å². The Hall–Kier alpha value is -1.63. The molecule has 2 saturated carbocycles. The molecule has 2 bridgehead atoms. The molecule has 6 heteroatoms. The fourth-order valence-electron chi connectivity index (χ4n) is 6.98. The second-order valence-electron chi connectivity index (χ2n) is 10.9. The van der Waals surface area contributed by atoms with Gasteiger partial charge in [0.2, 0.25) is 5.91 Å². The average molecular weight is 445 g/mol. The number of fused-ring (bicyclic) bond motifs is 1. The third-order valence-corrected chi connectivity index (χ3v) is 8.46. The summed E-state index contributed by atoms with van der Waals surface area (Å²) < 4.78 is 17.2. The standard InChI is InChI=1S/C26H40N2O4/c1-25(2)19-14-20-23(17-7-8-21(31-6)18(13-17)16-28(3)4)32-12-10-26(20,15-19)24(25)27-22(29)9-11-30-5/h7-8,13,19-20,23-24H,9-12,14-16H2,1-6H3,(H,27,29)/t19-,20-,23-,24+,26?/m1/s1. The highest BCUT2D eigenvalue weighted by Gasteiger charge is 2.68. The van der Waals surface area contributed by atoms with Gasteiger partial charge in [0, 0.05) is 38.3 Å². The van der Waals surface area contributed by atoms with Gasteiger partial charge in [-0.05, 0) is 73.7 Å². The molecule has 3 fully saturated rings. The molecular formula is C26H40N2O4. The van der Waals surface area contributed by atoms with Gasteiger partial charge in [-0.2, -0.15) is 0 Å². The van der Waals surface area contributed by atoms with Crippen LogP contribution in [0, 0.1) is 22.7 Å². The molecule has 1 aliphatic heterocycles. The van der Waals surface area contributed by atoms with E-state index in [0.29, 0.717) is 24.9 Å². The summed E-state index contributed by atoms with van der Waals surface area (Å²) in [5.74, 6) is 2.04. The maximum absolute atomic E-state index is 12.7. The van der Waals surface area contributed by atoms with Crippen LogP contribution in [0.1, 0.15) is 56.8 Å². The Morgan fingerprint density at radius 2 is 2.06 bits per heavy atom. The second kappa shape index (κ2) is 8.96. The van der Waals surface area contributed by atoms with Crippen LogP contribution in [0.15, 0.2) is 18.2 Å². The van der Waals surface area contributed by atoms with Crippen LogP contribution >= 0.6 is 0 Å². The minimum Gasteiger partial charge on any atom is -0.496 e. The van der Waals surface area contributed by atoms with Gasteiger partial charge in [-0.25, -0.2) is 0 Å². The highest BCUT2D eigenvalue weighted by Crippen LogP contribution is 2.70. The van der Waals surface area contributed by atoms with Crippen LogP contribution in [0.2, 0.25) is 0 Å². The lowest BCUT2D eigenvalue weighted by Crippen LogP contribution is -2.59. The Morgan fingerprint density at radius 3 is 2.75 bits per heavy atom. The normalized spacial score (nSPS) is 32.7. The first-order valence-electron chi connectivity index (χ1n) is 11.9. The number of methoxy groups -OCH3 is 2. The Balaban J connectivity index is 1.63. The molecule has 1 saturated heterocycles. The van der Waals surface area contributed by atoms with Crippen LogP contribution in [0.25, 0.3) is 0 Å². The molecule has 1 heterocycles. The van der Waals surface area contributed by atoms with Crippen LogP contribution in [0.5, 0.6) is 5.75 Å². The van der Waals surface area contributed by atoms with Gasteiger partial charge in [-0.3, -0.25) is 4.79 Å². The van der Waals surface area contributed by atoms with E-state index in [2.05, 4.69) is 56.4 Å². The molecule has 0 aromatic heterocycles. The van der Waals surface area contributed by atoms with Crippen molar-refractivity contribution in [1.29, 1.82) is 0 Å². The molecule has 0 radical (unpaired) electrons. The molecule has 1 spiro atoms. The number of amides is 1. The van der Waals surface area contributed by atoms with Crippen LogP contribution in [-0.4, -0.2) is 58.4 Å². The predicted octanol–water partition coefficient (Wildman–Crippen LogP) is 3.79. The summed E-state index contributed by atoms with van der Waals surface area (Å²) in [5.41, 5.74) is 2.62. The smallest absolute Gasteiger partial charge is 0.222 e. The Morgan fingerprint density at radius 1 is 1.28 bits per heavy atom. The van der Waals surface area contributed by atoms with Gasteiger partial charge in [-0.1, -0.05) is 19.9 Å². The lowest BCUT2D eigenvalue weighted by atomic mass is 9.58. The molecule has 1 aromatic rings. The Bertz CT molecular complexity index is 839. The molecule has 32 heavy (non-hydrogen) atoms. The predicted molar refractivity (Wildman–Crippen MR) is 125 cm³/mol. The number of ether oxygens (including phenoxy) is 3. The zero-order chi connectivity index (χ0) is 23.1. The molecule has 2 aliphatic carbocycles. The van der Waals surface area contributed by atoms with Gasteiger partial charge in [0.05, 0.1) is 19.8 Å². The van der Waals surface area contributed by atoms with E-state index in [0.717, 1.165) is 31.7 Å². The van der Waals surface area contributed by atoms with Crippen molar-refractivity contribution < 1.29 is 19.0 Å². The SMILES string of the molecule is COCCC(=O)N[C@H]1C(C)(C)[C@@H]2C[C@@H]3[C@@H](c4ccc(OC)c(CN(C)C)c4)OCCC31C2. The van der Waals surface area contributed by atoms with Gasteiger partial charge >= 0.3 is 0 Å². The summed E-state index contributed by atoms with van der Waals surface area (Å²) in [5, 5.41) is 3.45. The minimum atomic E-state index is 0.0649. The summed E-state index contributed by atoms with van der Waals surface area (Å²) in [6.45, 7) is 6.72. The van der Waals surface area contributed by atoms with Gasteiger partial charge in [0.15, 0.2) is 0 Å². The van der Waals surface area contributed by atoms with Crippen LogP contribution < -0.4 is 10.1 Å². The molecule has 1 N–H and O–H groups in total. The van der Waals surface area contributed by atoms with E-state index in [1.807, 2.05) is 0 Å². The monoisotopic (exact) mass is 444 g/mol. The van der Waals surface area contributed by atoms with Crippen LogP contribution in [0.3, 0.4) is 0 Å². The van der Waals surface area contributed by atoms with E-state index in [4.69, 9.17) is 14.2 Å². The number of carbonyl (C=O) groups is 1. The van der Waals surface area contributed by atoms with E-state index < -0.39 is 0 Å². The minimum absolute atomic E-state index is 0.0649. The van der Waals surface area contributed by atoms with Crippen molar-refractivity contribution in [2.75, 3.05) is 41.5 Å². The van der Waals surface area contributed by atoms with E-state index in [-0.39, 0.29) is 28.9 Å². The Kier molecular flexibility index (Phi) is 6.59. The van der Waals surface area contributed by atoms with Crippen LogP contribution in [0.4, 0.5) is 0 Å². The maximum atomic E-state index is 12.7. The quantitative estimate of drug-likeness (QED) is 0.661. The fraction of sp³-hybridized carbons (Fsp3) is 0.731. The molecule has 178 valence electrons. The lowest BCUT2D eigenvalue weighted by Gasteiger charge is -2.53. The van der Waals surface area contributed by atoms with Crippen molar-refractivity contribution in [3.05, 3.63) is 29.3 Å². The molecular weight excluding hydrogens is 404 g/mol. The highest BCUT2D eigenvalue weighted by molar-refractivity contribution is 5.76. The number of hydrogen-bond acceptors (Lipinski definition) is 5. The number of rotatable bonds is 8. The number of hydrogen-bond donors (Lipinski definition) is 1. The highest BCUT2D eigenvalue weighted by atomic mass is 16.5. The zero-order valence-corrected chi connectivity index (χ0v) is 20.6. The number of nitrogens with one attached hydrogen (secondary N) is 1. The van der Waals surface area contributed by atoms with Crippen molar-refractivity contribution in [1.82, 2.24) is 10.2 Å². The van der Waals surface area contributed by atoms with Gasteiger partial charge < -0.3 is 24.4 Å². The zero-order valence-electron chi connectivity index (χ0n) is 20.6. The van der Waals surface area contributed by atoms with Crippen molar-refractivity contribution >= 4 is 5.91 Å². The van der Waals surface area contributed by atoms with Crippen molar-refractivity contribution in [3.8, 4) is 5.75 Å². The topological polar surface area (TPSA) is 60.0 Å². The fourth-order valence-corrected chi connectivity index (χ4v) is 6.98. The molecule has 4 rings (SSSR count). The molecule has 3 aliphatic rings. The summed E-state index contributed by atoms with van der Waals surface area (Å²) in [6, 6.07) is 6.70. The molecule has 5 atom stereocenters. The number of benzene rings is 1.